The number of hydrogen-bond acceptors (Lipinski definition) is 4. The summed E-state index contributed by atoms with van der Waals surface area (Å²) in [6.07, 6.45) is 1.24. The molecule has 0 bridgehead atoms. The predicted octanol–water partition coefficient (Wildman–Crippen LogP) is 2.76. The summed E-state index contributed by atoms with van der Waals surface area (Å²) < 4.78 is 30.6. The van der Waals surface area contributed by atoms with Crippen molar-refractivity contribution < 1.29 is 28.0 Å². The lowest BCUT2D eigenvalue weighted by Crippen LogP contribution is -2.41. The Morgan fingerprint density at radius 3 is 2.29 bits per heavy atom. The maximum atomic E-state index is 14.5. The van der Waals surface area contributed by atoms with Gasteiger partial charge in [-0.05, 0) is 39.8 Å². The van der Waals surface area contributed by atoms with Crippen molar-refractivity contribution in [1.82, 2.24) is 0 Å². The summed E-state index contributed by atoms with van der Waals surface area (Å²) in [7, 11) is -1.32. The van der Waals surface area contributed by atoms with E-state index in [4.69, 9.17) is 13.7 Å². The topological polar surface area (TPSA) is 68.9 Å². The zero-order chi connectivity index (χ0) is 15.8. The number of carboxylic acids is 1. The van der Waals surface area contributed by atoms with E-state index < -0.39 is 35.6 Å². The number of furan rings is 1. The first-order valence-corrected chi connectivity index (χ1v) is 6.64. The highest BCUT2D eigenvalue weighted by Gasteiger charge is 2.54. The van der Waals surface area contributed by atoms with Crippen molar-refractivity contribution in [2.24, 2.45) is 0 Å². The van der Waals surface area contributed by atoms with Gasteiger partial charge < -0.3 is 18.8 Å². The van der Waals surface area contributed by atoms with Crippen LogP contribution in [-0.2, 0) is 20.5 Å². The highest BCUT2D eigenvalue weighted by atomic mass is 19.1. The molecular weight excluding hydrogens is 278 g/mol. The number of hydrogen-bond donors (Lipinski definition) is 1. The highest BCUT2D eigenvalue weighted by molar-refractivity contribution is 6.54. The largest absolute Gasteiger partial charge is 0.525 e. The van der Waals surface area contributed by atoms with Crippen molar-refractivity contribution >= 4 is 13.1 Å². The zero-order valence-corrected chi connectivity index (χ0v) is 12.5. The van der Waals surface area contributed by atoms with Crippen molar-refractivity contribution in [2.75, 3.05) is 0 Å². The van der Waals surface area contributed by atoms with Gasteiger partial charge in [-0.1, -0.05) is 0 Å². The molecule has 0 radical (unpaired) electrons. The standard InChI is InChI=1S/C14H18BFO5/c1-13(2)14(3,4)21-15(20-13)11(16)10(12(17)18)8-9-6-5-7-19-9/h5-7H,8H2,1-4H3,(H,17,18). The lowest BCUT2D eigenvalue weighted by molar-refractivity contribution is -0.132. The van der Waals surface area contributed by atoms with Crippen molar-refractivity contribution in [3.8, 4) is 0 Å². The van der Waals surface area contributed by atoms with Crippen LogP contribution in [0.2, 0.25) is 0 Å². The fourth-order valence-corrected chi connectivity index (χ4v) is 1.94. The SMILES string of the molecule is CC1(C)OB(C(F)=C(Cc2ccco2)C(=O)O)OC1(C)C. The fraction of sp³-hybridized carbons (Fsp3) is 0.500. The van der Waals surface area contributed by atoms with Crippen LogP contribution in [-0.4, -0.2) is 29.4 Å². The first-order valence-electron chi connectivity index (χ1n) is 6.64. The Balaban J connectivity index is 2.29. The Morgan fingerprint density at radius 2 is 1.86 bits per heavy atom. The molecule has 0 saturated carbocycles. The molecule has 1 saturated heterocycles. The van der Waals surface area contributed by atoms with Gasteiger partial charge in [0, 0.05) is 6.42 Å². The first-order chi connectivity index (χ1) is 9.64. The van der Waals surface area contributed by atoms with Gasteiger partial charge >= 0.3 is 13.1 Å². The van der Waals surface area contributed by atoms with Crippen LogP contribution >= 0.6 is 0 Å². The van der Waals surface area contributed by atoms with Crippen LogP contribution in [0.5, 0.6) is 0 Å². The lowest BCUT2D eigenvalue weighted by Gasteiger charge is -2.32. The van der Waals surface area contributed by atoms with Crippen molar-refractivity contribution in [1.29, 1.82) is 0 Å². The molecule has 5 nitrogen and oxygen atoms in total. The Bertz CT molecular complexity index is 546. The van der Waals surface area contributed by atoms with Crippen molar-refractivity contribution in [3.05, 3.63) is 35.5 Å². The Labute approximate surface area is 122 Å². The highest BCUT2D eigenvalue weighted by Crippen LogP contribution is 2.39. The van der Waals surface area contributed by atoms with Gasteiger partial charge in [0.1, 0.15) is 11.5 Å². The van der Waals surface area contributed by atoms with E-state index in [-0.39, 0.29) is 6.42 Å². The summed E-state index contributed by atoms with van der Waals surface area (Å²) in [6.45, 7) is 7.08. The summed E-state index contributed by atoms with van der Waals surface area (Å²) in [6, 6.07) is 3.20. The maximum Gasteiger partial charge on any atom is 0.525 e. The summed E-state index contributed by atoms with van der Waals surface area (Å²) in [5.74, 6) is -1.00. The number of rotatable bonds is 4. The molecule has 1 fully saturated rings. The van der Waals surface area contributed by atoms with Gasteiger partial charge in [0.25, 0.3) is 0 Å². The zero-order valence-electron chi connectivity index (χ0n) is 12.5. The second-order valence-corrected chi connectivity index (χ2v) is 5.98. The van der Waals surface area contributed by atoms with Gasteiger partial charge in [-0.2, -0.15) is 0 Å². The van der Waals surface area contributed by atoms with Crippen LogP contribution in [0.1, 0.15) is 33.5 Å². The van der Waals surface area contributed by atoms with Gasteiger partial charge in [0.05, 0.1) is 23.0 Å². The molecule has 0 atom stereocenters. The van der Waals surface area contributed by atoms with Gasteiger partial charge in [0.2, 0.25) is 0 Å². The third-order valence-corrected chi connectivity index (χ3v) is 3.94. The quantitative estimate of drug-likeness (QED) is 0.683. The molecule has 7 heteroatoms. The van der Waals surface area contributed by atoms with Gasteiger partial charge in [-0.15, -0.1) is 0 Å². The van der Waals surface area contributed by atoms with E-state index >= 15 is 0 Å². The third kappa shape index (κ3) is 3.03. The molecule has 1 aliphatic rings. The third-order valence-electron chi connectivity index (χ3n) is 3.94. The first kappa shape index (κ1) is 15.8. The molecule has 0 aromatic carbocycles. The van der Waals surface area contributed by atoms with Crippen molar-refractivity contribution in [2.45, 2.75) is 45.3 Å². The van der Waals surface area contributed by atoms with Gasteiger partial charge in [0.15, 0.2) is 0 Å². The van der Waals surface area contributed by atoms with Gasteiger partial charge in [-0.3, -0.25) is 0 Å². The average Bonchev–Trinajstić information content (AvgIpc) is 2.92. The van der Waals surface area contributed by atoms with E-state index in [2.05, 4.69) is 0 Å². The smallest absolute Gasteiger partial charge is 0.478 e. The van der Waals surface area contributed by atoms with E-state index in [1.165, 1.54) is 6.26 Å². The molecule has 1 aromatic heterocycles. The van der Waals surface area contributed by atoms with Crippen LogP contribution in [0.15, 0.2) is 34.1 Å². The van der Waals surface area contributed by atoms with Crippen LogP contribution in [0, 0.1) is 0 Å². The molecule has 2 heterocycles. The Kier molecular flexibility index (Phi) is 3.99. The average molecular weight is 296 g/mol. The van der Waals surface area contributed by atoms with Crippen LogP contribution in [0.25, 0.3) is 0 Å². The van der Waals surface area contributed by atoms with Crippen LogP contribution in [0.4, 0.5) is 4.39 Å². The summed E-state index contributed by atoms with van der Waals surface area (Å²) in [4.78, 5) is 11.3. The van der Waals surface area contributed by atoms with E-state index in [0.717, 1.165) is 0 Å². The van der Waals surface area contributed by atoms with E-state index in [9.17, 15) is 14.3 Å². The molecule has 2 rings (SSSR count). The minimum Gasteiger partial charge on any atom is -0.478 e. The minimum absolute atomic E-state index is 0.168. The minimum atomic E-state index is -1.36. The molecule has 114 valence electrons. The lowest BCUT2D eigenvalue weighted by atomic mass is 9.83. The second-order valence-electron chi connectivity index (χ2n) is 5.98. The maximum absolute atomic E-state index is 14.5. The molecule has 0 aliphatic carbocycles. The number of halogens is 1. The molecule has 0 amide bonds. The normalized spacial score (nSPS) is 21.3. The summed E-state index contributed by atoms with van der Waals surface area (Å²) in [5, 5.41) is 9.21. The van der Waals surface area contributed by atoms with E-state index in [0.29, 0.717) is 5.76 Å². The van der Waals surface area contributed by atoms with Gasteiger partial charge in [-0.25, -0.2) is 9.18 Å². The summed E-state index contributed by atoms with van der Waals surface area (Å²) in [5.41, 5.74) is -2.83. The van der Waals surface area contributed by atoms with E-state index in [1.807, 2.05) is 0 Å². The van der Waals surface area contributed by atoms with Crippen LogP contribution < -0.4 is 0 Å². The molecule has 1 aromatic rings. The molecule has 0 unspecified atom stereocenters. The fourth-order valence-electron chi connectivity index (χ4n) is 1.94. The van der Waals surface area contributed by atoms with E-state index in [1.54, 1.807) is 39.8 Å². The van der Waals surface area contributed by atoms with Crippen LogP contribution in [0.3, 0.4) is 0 Å². The summed E-state index contributed by atoms with van der Waals surface area (Å²) >= 11 is 0. The van der Waals surface area contributed by atoms with Crippen molar-refractivity contribution in [3.63, 3.8) is 0 Å². The molecule has 21 heavy (non-hydrogen) atoms. The number of carboxylic acid groups (broad SMARTS) is 1. The monoisotopic (exact) mass is 296 g/mol. The molecule has 0 spiro atoms. The second kappa shape index (κ2) is 5.31. The predicted molar refractivity (Wildman–Crippen MR) is 74.3 cm³/mol. The molecule has 1 aliphatic heterocycles. The molecular formula is C14H18BFO5. The molecule has 1 N–H and O–H groups in total. The Hall–Kier alpha value is -1.60. The Morgan fingerprint density at radius 1 is 1.29 bits per heavy atom. The number of carbonyl (C=O) groups is 1. The number of aliphatic carboxylic acids is 1.